The van der Waals surface area contributed by atoms with Gasteiger partial charge in [-0.15, -0.1) is 0 Å². The van der Waals surface area contributed by atoms with E-state index in [1.807, 2.05) is 0 Å². The molecule has 4 nitrogen and oxygen atoms in total. The van der Waals surface area contributed by atoms with Gasteiger partial charge in [-0.05, 0) is 67.6 Å². The average Bonchev–Trinajstić information content (AvgIpc) is 3.04. The minimum atomic E-state index is -0.376. The van der Waals surface area contributed by atoms with Crippen LogP contribution in [0.25, 0.3) is 0 Å². The third-order valence-electron chi connectivity index (χ3n) is 5.77. The van der Waals surface area contributed by atoms with Crippen molar-refractivity contribution in [2.75, 3.05) is 26.4 Å². The highest BCUT2D eigenvalue weighted by Crippen LogP contribution is 2.40. The number of aryl methyl sites for hydroxylation is 1. The lowest BCUT2D eigenvalue weighted by Gasteiger charge is -2.26. The third-order valence-corrected chi connectivity index (χ3v) is 5.77. The van der Waals surface area contributed by atoms with E-state index in [1.54, 1.807) is 0 Å². The molecular weight excluding hydrogens is 314 g/mol. The standard InChI is InChI=1S/C21H33NO3/c1-2-9-24-10-11-25-20-6-5-16-12-17(3-4-18(16)13-20)19-7-8-21(22,14-19)15-23/h3-4,12,19-20,23H,2,5-11,13-15,22H2,1H3/t19-,20?,21+/m0/s1. The van der Waals surface area contributed by atoms with E-state index in [4.69, 9.17) is 15.2 Å². The molecule has 25 heavy (non-hydrogen) atoms. The van der Waals surface area contributed by atoms with Gasteiger partial charge in [0.15, 0.2) is 0 Å². The lowest BCUT2D eigenvalue weighted by Crippen LogP contribution is -2.40. The number of aliphatic hydroxyl groups excluding tert-OH is 1. The van der Waals surface area contributed by atoms with Gasteiger partial charge in [0.05, 0.1) is 25.9 Å². The summed E-state index contributed by atoms with van der Waals surface area (Å²) in [5.41, 5.74) is 10.2. The second kappa shape index (κ2) is 8.63. The van der Waals surface area contributed by atoms with Gasteiger partial charge in [-0.25, -0.2) is 0 Å². The summed E-state index contributed by atoms with van der Waals surface area (Å²) in [4.78, 5) is 0. The second-order valence-electron chi connectivity index (χ2n) is 7.84. The summed E-state index contributed by atoms with van der Waals surface area (Å²) in [7, 11) is 0. The fourth-order valence-corrected chi connectivity index (χ4v) is 4.24. The van der Waals surface area contributed by atoms with Crippen molar-refractivity contribution in [2.45, 2.75) is 69.4 Å². The van der Waals surface area contributed by atoms with Gasteiger partial charge >= 0.3 is 0 Å². The third kappa shape index (κ3) is 4.82. The topological polar surface area (TPSA) is 64.7 Å². The number of aliphatic hydroxyl groups is 1. The zero-order valence-corrected chi connectivity index (χ0v) is 15.5. The Morgan fingerprint density at radius 3 is 2.84 bits per heavy atom. The van der Waals surface area contributed by atoms with Crippen molar-refractivity contribution in [1.29, 1.82) is 0 Å². The molecule has 0 saturated heterocycles. The van der Waals surface area contributed by atoms with Crippen LogP contribution >= 0.6 is 0 Å². The Kier molecular flexibility index (Phi) is 6.50. The Morgan fingerprint density at radius 1 is 1.20 bits per heavy atom. The molecule has 0 spiro atoms. The normalized spacial score (nSPS) is 28.9. The smallest absolute Gasteiger partial charge is 0.0704 e. The Balaban J connectivity index is 1.53. The zero-order chi connectivity index (χ0) is 17.7. The van der Waals surface area contributed by atoms with Crippen molar-refractivity contribution < 1.29 is 14.6 Å². The molecule has 1 aromatic carbocycles. The molecule has 0 aliphatic heterocycles. The maximum atomic E-state index is 9.48. The molecule has 3 rings (SSSR count). The van der Waals surface area contributed by atoms with Crippen LogP contribution in [0, 0.1) is 0 Å². The summed E-state index contributed by atoms with van der Waals surface area (Å²) in [6.07, 6.45) is 7.46. The Bertz CT molecular complexity index is 562. The quantitative estimate of drug-likeness (QED) is 0.710. The van der Waals surface area contributed by atoms with E-state index >= 15 is 0 Å². The SMILES string of the molecule is CCCOCCOC1CCc2cc([C@H]3CC[C@](N)(CO)C3)ccc2C1. The molecule has 3 N–H and O–H groups in total. The van der Waals surface area contributed by atoms with Crippen LogP contribution in [0.2, 0.25) is 0 Å². The predicted octanol–water partition coefficient (Wildman–Crippen LogP) is 2.94. The Hall–Kier alpha value is -0.940. The molecule has 140 valence electrons. The molecule has 0 bridgehead atoms. The van der Waals surface area contributed by atoms with Gasteiger partial charge < -0.3 is 20.3 Å². The molecule has 1 fully saturated rings. The number of ether oxygens (including phenoxy) is 2. The molecule has 2 aliphatic carbocycles. The summed E-state index contributed by atoms with van der Waals surface area (Å²) in [6.45, 7) is 4.43. The van der Waals surface area contributed by atoms with Crippen LogP contribution in [-0.2, 0) is 22.3 Å². The van der Waals surface area contributed by atoms with E-state index in [9.17, 15) is 5.11 Å². The van der Waals surface area contributed by atoms with Crippen molar-refractivity contribution in [2.24, 2.45) is 5.73 Å². The number of hydrogen-bond donors (Lipinski definition) is 2. The zero-order valence-electron chi connectivity index (χ0n) is 15.5. The van der Waals surface area contributed by atoms with Crippen LogP contribution in [0.1, 0.15) is 61.6 Å². The van der Waals surface area contributed by atoms with E-state index in [-0.39, 0.29) is 12.1 Å². The van der Waals surface area contributed by atoms with Crippen molar-refractivity contribution in [3.8, 4) is 0 Å². The van der Waals surface area contributed by atoms with Crippen LogP contribution in [0.15, 0.2) is 18.2 Å². The van der Waals surface area contributed by atoms with Gasteiger partial charge in [-0.3, -0.25) is 0 Å². The van der Waals surface area contributed by atoms with E-state index in [1.165, 1.54) is 16.7 Å². The molecule has 4 heteroatoms. The first-order valence-electron chi connectivity index (χ1n) is 9.84. The minimum absolute atomic E-state index is 0.0927. The molecule has 1 saturated carbocycles. The summed E-state index contributed by atoms with van der Waals surface area (Å²) < 4.78 is 11.5. The largest absolute Gasteiger partial charge is 0.394 e. The van der Waals surface area contributed by atoms with E-state index in [0.717, 1.165) is 51.6 Å². The molecule has 3 atom stereocenters. The fraction of sp³-hybridized carbons (Fsp3) is 0.714. The van der Waals surface area contributed by atoms with E-state index < -0.39 is 0 Å². The van der Waals surface area contributed by atoms with Crippen molar-refractivity contribution in [3.05, 3.63) is 34.9 Å². The first kappa shape index (κ1) is 18.8. The summed E-state index contributed by atoms with van der Waals surface area (Å²) in [5, 5.41) is 9.48. The van der Waals surface area contributed by atoms with Crippen LogP contribution < -0.4 is 5.73 Å². The number of fused-ring (bicyclic) bond motifs is 1. The maximum Gasteiger partial charge on any atom is 0.0704 e. The highest BCUT2D eigenvalue weighted by Gasteiger charge is 2.36. The first-order valence-corrected chi connectivity index (χ1v) is 9.84. The van der Waals surface area contributed by atoms with Crippen LogP contribution in [0.5, 0.6) is 0 Å². The van der Waals surface area contributed by atoms with Crippen molar-refractivity contribution in [1.82, 2.24) is 0 Å². The molecule has 0 radical (unpaired) electrons. The van der Waals surface area contributed by atoms with Crippen LogP contribution in [0.4, 0.5) is 0 Å². The molecule has 0 amide bonds. The minimum Gasteiger partial charge on any atom is -0.394 e. The van der Waals surface area contributed by atoms with E-state index in [2.05, 4.69) is 25.1 Å². The second-order valence-corrected chi connectivity index (χ2v) is 7.84. The van der Waals surface area contributed by atoms with Crippen LogP contribution in [0.3, 0.4) is 0 Å². The molecule has 0 aromatic heterocycles. The highest BCUT2D eigenvalue weighted by molar-refractivity contribution is 5.36. The van der Waals surface area contributed by atoms with Gasteiger partial charge in [-0.2, -0.15) is 0 Å². The van der Waals surface area contributed by atoms with Gasteiger partial charge in [0, 0.05) is 12.1 Å². The monoisotopic (exact) mass is 347 g/mol. The lowest BCUT2D eigenvalue weighted by molar-refractivity contribution is -0.000303. The van der Waals surface area contributed by atoms with Gasteiger partial charge in [-0.1, -0.05) is 25.1 Å². The number of hydrogen-bond acceptors (Lipinski definition) is 4. The van der Waals surface area contributed by atoms with Gasteiger partial charge in [0.1, 0.15) is 0 Å². The predicted molar refractivity (Wildman–Crippen MR) is 99.9 cm³/mol. The number of benzene rings is 1. The summed E-state index contributed by atoms with van der Waals surface area (Å²) in [5.74, 6) is 0.493. The lowest BCUT2D eigenvalue weighted by atomic mass is 9.85. The van der Waals surface area contributed by atoms with Crippen LogP contribution in [-0.4, -0.2) is 43.2 Å². The molecule has 0 heterocycles. The Labute approximate surface area is 151 Å². The molecule has 2 aliphatic rings. The summed E-state index contributed by atoms with van der Waals surface area (Å²) >= 11 is 0. The van der Waals surface area contributed by atoms with E-state index in [0.29, 0.717) is 25.2 Å². The van der Waals surface area contributed by atoms with Crippen molar-refractivity contribution in [3.63, 3.8) is 0 Å². The number of rotatable bonds is 8. The van der Waals surface area contributed by atoms with Gasteiger partial charge in [0.2, 0.25) is 0 Å². The molecule has 1 unspecified atom stereocenters. The van der Waals surface area contributed by atoms with Crippen molar-refractivity contribution >= 4 is 0 Å². The maximum absolute atomic E-state index is 9.48. The highest BCUT2D eigenvalue weighted by atomic mass is 16.5. The molecular formula is C21H33NO3. The fourth-order valence-electron chi connectivity index (χ4n) is 4.24. The average molecular weight is 347 g/mol. The number of nitrogens with two attached hydrogens (primary N) is 1. The van der Waals surface area contributed by atoms with Gasteiger partial charge in [0.25, 0.3) is 0 Å². The summed E-state index contributed by atoms with van der Waals surface area (Å²) in [6, 6.07) is 6.92. The Morgan fingerprint density at radius 2 is 2.08 bits per heavy atom. The molecule has 1 aromatic rings. The first-order chi connectivity index (χ1) is 12.1.